The molecule has 3 N–H and O–H groups in total. The molecule has 184 valence electrons. The summed E-state index contributed by atoms with van der Waals surface area (Å²) in [6.07, 6.45) is 1.38. The number of benzene rings is 5. The lowest BCUT2D eigenvalue weighted by atomic mass is 10.0. The Balaban J connectivity index is 1.43. The van der Waals surface area contributed by atoms with Crippen LogP contribution in [0.1, 0.15) is 11.7 Å². The van der Waals surface area contributed by atoms with Crippen molar-refractivity contribution in [2.45, 2.75) is 6.17 Å². The van der Waals surface area contributed by atoms with E-state index in [1.807, 2.05) is 24.3 Å². The summed E-state index contributed by atoms with van der Waals surface area (Å²) in [4.78, 5) is 4.64. The second-order valence-electron chi connectivity index (χ2n) is 9.11. The Hall–Kier alpha value is -4.30. The highest BCUT2D eigenvalue weighted by Gasteiger charge is 2.21. The molecular formula is C34H28N3P. The summed E-state index contributed by atoms with van der Waals surface area (Å²) >= 11 is 0. The Bertz CT molecular complexity index is 1610. The van der Waals surface area contributed by atoms with Crippen LogP contribution < -0.4 is 27.0 Å². The number of aromatic nitrogens is 1. The second kappa shape index (κ2) is 11.0. The number of nitrogens with two attached hydrogens (primary N) is 1. The molecule has 3 nitrogen and oxygen atoms in total. The summed E-state index contributed by atoms with van der Waals surface area (Å²) in [5, 5.41) is 9.87. The Morgan fingerprint density at radius 3 is 1.82 bits per heavy atom. The number of fused-ring (bicyclic) bond motifs is 1. The summed E-state index contributed by atoms with van der Waals surface area (Å²) in [5.41, 5.74) is 10.0. The van der Waals surface area contributed by atoms with Crippen molar-refractivity contribution in [3.63, 3.8) is 0 Å². The Morgan fingerprint density at radius 1 is 0.579 bits per heavy atom. The normalized spacial score (nSPS) is 11.9. The van der Waals surface area contributed by atoms with Crippen LogP contribution in [0.15, 0.2) is 146 Å². The average molecular weight is 510 g/mol. The number of rotatable bonds is 7. The number of pyridine rings is 1. The summed E-state index contributed by atoms with van der Waals surface area (Å²) in [6, 6.07) is 49.0. The predicted octanol–water partition coefficient (Wildman–Crippen LogP) is 6.73. The molecule has 4 heteroatoms. The van der Waals surface area contributed by atoms with Gasteiger partial charge < -0.3 is 11.1 Å². The first-order valence-corrected chi connectivity index (χ1v) is 14.1. The molecule has 0 aliphatic rings. The van der Waals surface area contributed by atoms with Gasteiger partial charge >= 0.3 is 0 Å². The highest BCUT2D eigenvalue weighted by Crippen LogP contribution is 2.37. The minimum Gasteiger partial charge on any atom is -0.350 e. The Kier molecular flexibility index (Phi) is 6.95. The van der Waals surface area contributed by atoms with Crippen molar-refractivity contribution in [3.8, 4) is 11.1 Å². The molecule has 0 bridgehead atoms. The fourth-order valence-electron chi connectivity index (χ4n) is 4.95. The van der Waals surface area contributed by atoms with Crippen LogP contribution >= 0.6 is 7.92 Å². The first-order valence-electron chi connectivity index (χ1n) is 12.7. The van der Waals surface area contributed by atoms with Crippen molar-refractivity contribution < 1.29 is 0 Å². The summed E-state index contributed by atoms with van der Waals surface area (Å²) < 4.78 is 0. The van der Waals surface area contributed by atoms with Crippen LogP contribution in [0.5, 0.6) is 0 Å². The number of nitrogens with one attached hydrogen (secondary N) is 1. The van der Waals surface area contributed by atoms with Crippen LogP contribution in [0.3, 0.4) is 0 Å². The van der Waals surface area contributed by atoms with E-state index in [4.69, 9.17) is 5.73 Å². The third-order valence-electron chi connectivity index (χ3n) is 6.72. The molecule has 0 aliphatic carbocycles. The fourth-order valence-corrected chi connectivity index (χ4v) is 7.40. The molecule has 38 heavy (non-hydrogen) atoms. The summed E-state index contributed by atoms with van der Waals surface area (Å²) in [6.45, 7) is 0. The maximum atomic E-state index is 6.84. The highest BCUT2D eigenvalue weighted by molar-refractivity contribution is 7.80. The molecule has 1 aromatic heterocycles. The Morgan fingerprint density at radius 2 is 1.16 bits per heavy atom. The van der Waals surface area contributed by atoms with Gasteiger partial charge in [-0.3, -0.25) is 0 Å². The summed E-state index contributed by atoms with van der Waals surface area (Å²) in [7, 11) is -0.735. The van der Waals surface area contributed by atoms with E-state index in [0.717, 1.165) is 27.9 Å². The van der Waals surface area contributed by atoms with Crippen LogP contribution in [-0.4, -0.2) is 4.98 Å². The minimum atomic E-state index is -0.735. The van der Waals surface area contributed by atoms with Crippen LogP contribution in [-0.2, 0) is 0 Å². The van der Waals surface area contributed by atoms with E-state index in [1.165, 1.54) is 21.3 Å². The molecule has 0 saturated heterocycles. The van der Waals surface area contributed by atoms with Crippen molar-refractivity contribution in [1.82, 2.24) is 4.98 Å². The standard InChI is InChI=1S/C34H28N3P/c35-33(37-34-28(21-12-24-36-34)25-13-4-1-5-14-25)31-22-23-32(30-20-11-10-19-29(30)31)38(26-15-6-2-7-16-26)27-17-8-3-9-18-27/h1-24,33H,35H2,(H,36,37). The van der Waals surface area contributed by atoms with Crippen LogP contribution in [0, 0.1) is 0 Å². The number of nitrogens with zero attached hydrogens (tertiary/aromatic N) is 1. The molecule has 1 atom stereocenters. The van der Waals surface area contributed by atoms with Gasteiger partial charge in [0.2, 0.25) is 0 Å². The van der Waals surface area contributed by atoms with Gasteiger partial charge in [0.05, 0.1) is 0 Å². The lowest BCUT2D eigenvalue weighted by Crippen LogP contribution is -2.24. The SMILES string of the molecule is NC(Nc1ncccc1-c1ccccc1)c1ccc(P(c2ccccc2)c2ccccc2)c2ccccc12. The molecule has 6 aromatic rings. The smallest absolute Gasteiger partial charge is 0.135 e. The van der Waals surface area contributed by atoms with E-state index in [2.05, 4.69) is 126 Å². The zero-order chi connectivity index (χ0) is 25.7. The van der Waals surface area contributed by atoms with Gasteiger partial charge in [-0.15, -0.1) is 0 Å². The van der Waals surface area contributed by atoms with Crippen molar-refractivity contribution in [1.29, 1.82) is 0 Å². The molecule has 0 spiro atoms. The molecule has 0 amide bonds. The maximum Gasteiger partial charge on any atom is 0.135 e. The number of anilines is 1. The largest absolute Gasteiger partial charge is 0.350 e. The second-order valence-corrected chi connectivity index (χ2v) is 11.3. The topological polar surface area (TPSA) is 50.9 Å². The zero-order valence-corrected chi connectivity index (χ0v) is 21.8. The van der Waals surface area contributed by atoms with Crippen LogP contribution in [0.2, 0.25) is 0 Å². The Labute approximate surface area is 224 Å². The average Bonchev–Trinajstić information content (AvgIpc) is 2.99. The fraction of sp³-hybridized carbons (Fsp3) is 0.0294. The molecule has 0 radical (unpaired) electrons. The molecular weight excluding hydrogens is 481 g/mol. The third-order valence-corrected chi connectivity index (χ3v) is 9.23. The molecule has 0 aliphatic heterocycles. The minimum absolute atomic E-state index is 0.425. The first kappa shape index (κ1) is 24.1. The molecule has 1 unspecified atom stereocenters. The van der Waals surface area contributed by atoms with E-state index in [-0.39, 0.29) is 0 Å². The quantitative estimate of drug-likeness (QED) is 0.185. The van der Waals surface area contributed by atoms with Crippen molar-refractivity contribution in [2.24, 2.45) is 5.73 Å². The zero-order valence-electron chi connectivity index (χ0n) is 20.9. The van der Waals surface area contributed by atoms with E-state index >= 15 is 0 Å². The number of hydrogen-bond donors (Lipinski definition) is 2. The van der Waals surface area contributed by atoms with Crippen LogP contribution in [0.4, 0.5) is 5.82 Å². The van der Waals surface area contributed by atoms with Crippen molar-refractivity contribution in [3.05, 3.63) is 151 Å². The molecule has 6 rings (SSSR count). The van der Waals surface area contributed by atoms with E-state index in [1.54, 1.807) is 6.20 Å². The molecule has 0 saturated carbocycles. The third kappa shape index (κ3) is 4.82. The van der Waals surface area contributed by atoms with Crippen molar-refractivity contribution in [2.75, 3.05) is 5.32 Å². The van der Waals surface area contributed by atoms with Crippen LogP contribution in [0.25, 0.3) is 21.9 Å². The molecule has 1 heterocycles. The van der Waals surface area contributed by atoms with Gasteiger partial charge in [-0.25, -0.2) is 4.98 Å². The summed E-state index contributed by atoms with van der Waals surface area (Å²) in [5.74, 6) is 0.773. The molecule has 0 fully saturated rings. The number of hydrogen-bond acceptors (Lipinski definition) is 3. The predicted molar refractivity (Wildman–Crippen MR) is 163 cm³/mol. The lowest BCUT2D eigenvalue weighted by molar-refractivity contribution is 0.837. The van der Waals surface area contributed by atoms with E-state index < -0.39 is 14.1 Å². The van der Waals surface area contributed by atoms with Gasteiger partial charge in [-0.1, -0.05) is 127 Å². The van der Waals surface area contributed by atoms with Gasteiger partial charge in [0, 0.05) is 11.8 Å². The van der Waals surface area contributed by atoms with Crippen molar-refractivity contribution >= 4 is 40.4 Å². The van der Waals surface area contributed by atoms with Gasteiger partial charge in [0.1, 0.15) is 12.0 Å². The van der Waals surface area contributed by atoms with Gasteiger partial charge in [-0.2, -0.15) is 0 Å². The lowest BCUT2D eigenvalue weighted by Gasteiger charge is -2.24. The van der Waals surface area contributed by atoms with Gasteiger partial charge in [0.25, 0.3) is 0 Å². The molecule has 5 aromatic carbocycles. The maximum absolute atomic E-state index is 6.84. The highest BCUT2D eigenvalue weighted by atomic mass is 31.1. The van der Waals surface area contributed by atoms with E-state index in [9.17, 15) is 0 Å². The first-order chi connectivity index (χ1) is 18.8. The van der Waals surface area contributed by atoms with Gasteiger partial charge in [-0.05, 0) is 57.9 Å². The monoisotopic (exact) mass is 509 g/mol. The van der Waals surface area contributed by atoms with E-state index in [0.29, 0.717) is 0 Å². The van der Waals surface area contributed by atoms with Gasteiger partial charge in [0.15, 0.2) is 0 Å².